The molecule has 3 heteroatoms. The Bertz CT molecular complexity index is 920. The summed E-state index contributed by atoms with van der Waals surface area (Å²) in [6.45, 7) is 2.22. The second-order valence-electron chi connectivity index (χ2n) is 9.07. The standard InChI is InChI=1S/C27H31F3/c1-2-3-4-5-18-6-8-20(9-7-18)24-14-15-25(27(30)26(24)29)21-11-10-19-12-13-23(28)17-22(19)16-21/h11-15,17-18,20H,2-10,16H2,1H3. The number of fused-ring (bicyclic) bond motifs is 1. The van der Waals surface area contributed by atoms with Gasteiger partial charge in [0, 0.05) is 5.56 Å². The van der Waals surface area contributed by atoms with Crippen LogP contribution < -0.4 is 0 Å². The van der Waals surface area contributed by atoms with Crippen molar-refractivity contribution in [3.63, 3.8) is 0 Å². The number of unbranched alkanes of at least 4 members (excludes halogenated alkanes) is 2. The summed E-state index contributed by atoms with van der Waals surface area (Å²) in [6, 6.07) is 8.25. The third kappa shape index (κ3) is 4.50. The van der Waals surface area contributed by atoms with E-state index < -0.39 is 11.6 Å². The summed E-state index contributed by atoms with van der Waals surface area (Å²) < 4.78 is 43.7. The zero-order valence-electron chi connectivity index (χ0n) is 17.8. The van der Waals surface area contributed by atoms with Crippen molar-refractivity contribution >= 4 is 5.57 Å². The fourth-order valence-corrected chi connectivity index (χ4v) is 5.25. The number of halogens is 3. The van der Waals surface area contributed by atoms with Crippen LogP contribution >= 0.6 is 0 Å². The lowest BCUT2D eigenvalue weighted by Crippen LogP contribution is -2.15. The van der Waals surface area contributed by atoms with Crippen LogP contribution in [-0.4, -0.2) is 0 Å². The topological polar surface area (TPSA) is 0 Å². The second kappa shape index (κ2) is 9.41. The monoisotopic (exact) mass is 412 g/mol. The molecular weight excluding hydrogens is 381 g/mol. The summed E-state index contributed by atoms with van der Waals surface area (Å²) in [5.74, 6) is -0.863. The van der Waals surface area contributed by atoms with Crippen molar-refractivity contribution in [1.29, 1.82) is 0 Å². The van der Waals surface area contributed by atoms with Gasteiger partial charge in [-0.1, -0.05) is 56.9 Å². The summed E-state index contributed by atoms with van der Waals surface area (Å²) in [4.78, 5) is 0. The molecule has 0 amide bonds. The summed E-state index contributed by atoms with van der Waals surface area (Å²) >= 11 is 0. The first-order valence-corrected chi connectivity index (χ1v) is 11.5. The van der Waals surface area contributed by atoms with Crippen LogP contribution in [0.1, 0.15) is 86.5 Å². The molecule has 0 unspecified atom stereocenters. The highest BCUT2D eigenvalue weighted by atomic mass is 19.2. The lowest BCUT2D eigenvalue weighted by Gasteiger charge is -2.29. The number of rotatable bonds is 6. The first-order chi connectivity index (χ1) is 14.6. The number of allylic oxidation sites excluding steroid dienone is 2. The molecule has 1 fully saturated rings. The molecule has 4 rings (SSSR count). The highest BCUT2D eigenvalue weighted by molar-refractivity contribution is 5.71. The van der Waals surface area contributed by atoms with Gasteiger partial charge in [0.15, 0.2) is 11.6 Å². The van der Waals surface area contributed by atoms with Crippen LogP contribution in [0.15, 0.2) is 36.4 Å². The smallest absolute Gasteiger partial charge is 0.166 e. The molecule has 0 bridgehead atoms. The minimum Gasteiger partial charge on any atom is -0.207 e. The molecule has 2 aromatic rings. The van der Waals surface area contributed by atoms with Gasteiger partial charge in [0.2, 0.25) is 0 Å². The van der Waals surface area contributed by atoms with Gasteiger partial charge in [-0.15, -0.1) is 0 Å². The van der Waals surface area contributed by atoms with Gasteiger partial charge < -0.3 is 0 Å². The average molecular weight is 413 g/mol. The van der Waals surface area contributed by atoms with Gasteiger partial charge in [0.25, 0.3) is 0 Å². The number of hydrogen-bond acceptors (Lipinski definition) is 0. The summed E-state index contributed by atoms with van der Waals surface area (Å²) in [5.41, 5.74) is 3.51. The van der Waals surface area contributed by atoms with E-state index in [0.717, 1.165) is 48.3 Å². The maximum atomic E-state index is 15.0. The summed E-state index contributed by atoms with van der Waals surface area (Å²) in [7, 11) is 0. The van der Waals surface area contributed by atoms with Crippen LogP contribution in [0.5, 0.6) is 0 Å². The average Bonchev–Trinajstić information content (AvgIpc) is 2.76. The molecule has 1 saturated carbocycles. The molecule has 0 N–H and O–H groups in total. The maximum Gasteiger partial charge on any atom is 0.166 e. The molecule has 2 aromatic carbocycles. The fourth-order valence-electron chi connectivity index (χ4n) is 5.25. The third-order valence-corrected chi connectivity index (χ3v) is 7.08. The van der Waals surface area contributed by atoms with E-state index in [0.29, 0.717) is 24.0 Å². The molecule has 0 nitrogen and oxygen atoms in total. The van der Waals surface area contributed by atoms with Crippen molar-refractivity contribution in [2.24, 2.45) is 5.92 Å². The minimum atomic E-state index is -0.747. The Hall–Kier alpha value is -2.03. The van der Waals surface area contributed by atoms with E-state index in [9.17, 15) is 4.39 Å². The Labute approximate surface area is 178 Å². The molecule has 0 spiro atoms. The van der Waals surface area contributed by atoms with E-state index in [2.05, 4.69) is 6.92 Å². The van der Waals surface area contributed by atoms with Crippen LogP contribution in [0.2, 0.25) is 0 Å². The molecule has 0 saturated heterocycles. The van der Waals surface area contributed by atoms with Crippen molar-refractivity contribution in [2.75, 3.05) is 0 Å². The molecule has 0 radical (unpaired) electrons. The van der Waals surface area contributed by atoms with Gasteiger partial charge in [0.1, 0.15) is 5.82 Å². The Morgan fingerprint density at radius 1 is 0.867 bits per heavy atom. The molecule has 160 valence electrons. The third-order valence-electron chi connectivity index (χ3n) is 7.08. The normalized spacial score (nSPS) is 21.3. The number of benzene rings is 2. The lowest BCUT2D eigenvalue weighted by molar-refractivity contribution is 0.298. The van der Waals surface area contributed by atoms with Crippen LogP contribution in [0, 0.1) is 23.4 Å². The zero-order chi connectivity index (χ0) is 21.1. The van der Waals surface area contributed by atoms with E-state index in [1.54, 1.807) is 18.2 Å². The predicted octanol–water partition coefficient (Wildman–Crippen LogP) is 8.14. The quantitative estimate of drug-likeness (QED) is 0.420. The minimum absolute atomic E-state index is 0.117. The van der Waals surface area contributed by atoms with Crippen molar-refractivity contribution < 1.29 is 13.2 Å². The van der Waals surface area contributed by atoms with Crippen LogP contribution in [-0.2, 0) is 12.8 Å². The van der Waals surface area contributed by atoms with Gasteiger partial charge in [-0.2, -0.15) is 0 Å². The van der Waals surface area contributed by atoms with Crippen molar-refractivity contribution in [2.45, 2.75) is 77.0 Å². The molecular formula is C27H31F3. The first kappa shape index (κ1) is 21.2. The highest BCUT2D eigenvalue weighted by Crippen LogP contribution is 2.40. The summed E-state index contributed by atoms with van der Waals surface area (Å²) in [5, 5.41) is 0. The largest absolute Gasteiger partial charge is 0.207 e. The van der Waals surface area contributed by atoms with Crippen molar-refractivity contribution in [3.05, 3.63) is 76.1 Å². The Morgan fingerprint density at radius 2 is 1.67 bits per heavy atom. The van der Waals surface area contributed by atoms with Crippen molar-refractivity contribution in [3.8, 4) is 0 Å². The molecule has 2 aliphatic carbocycles. The molecule has 0 heterocycles. The first-order valence-electron chi connectivity index (χ1n) is 11.5. The Kier molecular flexibility index (Phi) is 6.65. The predicted molar refractivity (Wildman–Crippen MR) is 117 cm³/mol. The zero-order valence-corrected chi connectivity index (χ0v) is 17.8. The van der Waals surface area contributed by atoms with Gasteiger partial charge in [-0.3, -0.25) is 0 Å². The Morgan fingerprint density at radius 3 is 2.43 bits per heavy atom. The van der Waals surface area contributed by atoms with Crippen LogP contribution in [0.3, 0.4) is 0 Å². The number of hydrogen-bond donors (Lipinski definition) is 0. The molecule has 30 heavy (non-hydrogen) atoms. The molecule has 2 aliphatic rings. The van der Waals surface area contributed by atoms with Gasteiger partial charge in [-0.25, -0.2) is 13.2 Å². The van der Waals surface area contributed by atoms with Crippen LogP contribution in [0.25, 0.3) is 5.57 Å². The van der Waals surface area contributed by atoms with Gasteiger partial charge in [-0.05, 0) is 84.8 Å². The lowest BCUT2D eigenvalue weighted by atomic mass is 9.76. The van der Waals surface area contributed by atoms with E-state index in [4.69, 9.17) is 0 Å². The maximum absolute atomic E-state index is 15.0. The van der Waals surface area contributed by atoms with Crippen molar-refractivity contribution in [1.82, 2.24) is 0 Å². The van der Waals surface area contributed by atoms with Gasteiger partial charge >= 0.3 is 0 Å². The van der Waals surface area contributed by atoms with E-state index >= 15 is 8.78 Å². The molecule has 0 atom stereocenters. The van der Waals surface area contributed by atoms with E-state index in [1.165, 1.54) is 37.8 Å². The molecule has 0 aromatic heterocycles. The second-order valence-corrected chi connectivity index (χ2v) is 9.07. The van der Waals surface area contributed by atoms with Crippen LogP contribution in [0.4, 0.5) is 13.2 Å². The van der Waals surface area contributed by atoms with E-state index in [-0.39, 0.29) is 11.7 Å². The fraction of sp³-hybridized carbons (Fsp3) is 0.481. The summed E-state index contributed by atoms with van der Waals surface area (Å²) in [6.07, 6.45) is 12.2. The highest BCUT2D eigenvalue weighted by Gasteiger charge is 2.27. The molecule has 0 aliphatic heterocycles. The Balaban J connectivity index is 1.46. The van der Waals surface area contributed by atoms with Gasteiger partial charge in [0.05, 0.1) is 0 Å². The SMILES string of the molecule is CCCCCC1CCC(c2ccc(C3=CCc4ccc(F)cc4C3)c(F)c2F)CC1. The van der Waals surface area contributed by atoms with E-state index in [1.807, 2.05) is 6.08 Å².